The van der Waals surface area contributed by atoms with Crippen LogP contribution in [-0.2, 0) is 9.84 Å². The zero-order chi connectivity index (χ0) is 18.2. The molecule has 2 aromatic carbocycles. The number of nitrogens with one attached hydrogen (secondary N) is 1. The zero-order valence-electron chi connectivity index (χ0n) is 13.7. The van der Waals surface area contributed by atoms with Gasteiger partial charge in [0, 0.05) is 28.0 Å². The van der Waals surface area contributed by atoms with Crippen molar-refractivity contribution in [1.29, 1.82) is 0 Å². The van der Waals surface area contributed by atoms with E-state index >= 15 is 0 Å². The van der Waals surface area contributed by atoms with E-state index in [-0.39, 0.29) is 15.2 Å². The van der Waals surface area contributed by atoms with E-state index in [0.29, 0.717) is 16.1 Å². The summed E-state index contributed by atoms with van der Waals surface area (Å²) in [6, 6.07) is 13.9. The van der Waals surface area contributed by atoms with E-state index in [0.717, 1.165) is 11.4 Å². The first kappa shape index (κ1) is 17.5. The lowest BCUT2D eigenvalue weighted by Gasteiger charge is -2.09. The third kappa shape index (κ3) is 3.38. The quantitative estimate of drug-likeness (QED) is 0.750. The monoisotopic (exact) mass is 373 g/mol. The summed E-state index contributed by atoms with van der Waals surface area (Å²) in [5.41, 5.74) is 2.66. The average Bonchev–Trinajstić information content (AvgIpc) is 2.55. The summed E-state index contributed by atoms with van der Waals surface area (Å²) in [5, 5.41) is 0.475. The predicted octanol–water partition coefficient (Wildman–Crippen LogP) is 4.14. The first-order valence-corrected chi connectivity index (χ1v) is 9.47. The summed E-state index contributed by atoms with van der Waals surface area (Å²) < 4.78 is 25.3. The lowest BCUT2D eigenvalue weighted by Crippen LogP contribution is -2.09. The number of hydrogen-bond donors (Lipinski definition) is 1. The molecule has 6 heteroatoms. The highest BCUT2D eigenvalue weighted by molar-refractivity contribution is 7.91. The first-order chi connectivity index (χ1) is 11.8. The molecule has 0 radical (unpaired) electrons. The van der Waals surface area contributed by atoms with Crippen LogP contribution in [0.4, 0.5) is 0 Å². The van der Waals surface area contributed by atoms with Crippen molar-refractivity contribution < 1.29 is 8.42 Å². The molecule has 0 unspecified atom stereocenters. The number of aromatic amines is 1. The van der Waals surface area contributed by atoms with Crippen molar-refractivity contribution in [2.75, 3.05) is 0 Å². The zero-order valence-corrected chi connectivity index (χ0v) is 15.3. The highest BCUT2D eigenvalue weighted by Crippen LogP contribution is 2.25. The number of benzene rings is 2. The minimum absolute atomic E-state index is 0.0953. The largest absolute Gasteiger partial charge is 0.362 e. The Morgan fingerprint density at radius 1 is 0.880 bits per heavy atom. The van der Waals surface area contributed by atoms with Crippen LogP contribution >= 0.6 is 11.6 Å². The van der Waals surface area contributed by atoms with Gasteiger partial charge in [-0.25, -0.2) is 8.42 Å². The number of hydrogen-bond acceptors (Lipinski definition) is 3. The second kappa shape index (κ2) is 6.50. The van der Waals surface area contributed by atoms with Gasteiger partial charge in [0.1, 0.15) is 0 Å². The Morgan fingerprint density at radius 2 is 1.40 bits per heavy atom. The summed E-state index contributed by atoms with van der Waals surface area (Å²) in [6.07, 6.45) is 0. The van der Waals surface area contributed by atoms with Gasteiger partial charge in [-0.3, -0.25) is 4.79 Å². The van der Waals surface area contributed by atoms with Gasteiger partial charge in [0.2, 0.25) is 9.84 Å². The van der Waals surface area contributed by atoms with Crippen molar-refractivity contribution in [2.24, 2.45) is 0 Å². The molecule has 0 fully saturated rings. The maximum atomic E-state index is 12.7. The molecule has 0 bridgehead atoms. The molecule has 1 N–H and O–H groups in total. The number of halogens is 1. The van der Waals surface area contributed by atoms with Gasteiger partial charge in [0.15, 0.2) is 5.43 Å². The van der Waals surface area contributed by atoms with Crippen molar-refractivity contribution in [3.05, 3.63) is 81.2 Å². The van der Waals surface area contributed by atoms with Gasteiger partial charge in [0.25, 0.3) is 0 Å². The van der Waals surface area contributed by atoms with Gasteiger partial charge >= 0.3 is 0 Å². The maximum absolute atomic E-state index is 12.7. The number of sulfone groups is 1. The Bertz CT molecular complexity index is 1080. The first-order valence-electron chi connectivity index (χ1n) is 7.60. The second-order valence-electron chi connectivity index (χ2n) is 5.80. The van der Waals surface area contributed by atoms with Crippen LogP contribution in [0.5, 0.6) is 0 Å². The molecule has 0 aliphatic rings. The van der Waals surface area contributed by atoms with Gasteiger partial charge in [-0.15, -0.1) is 0 Å². The highest BCUT2D eigenvalue weighted by Gasteiger charge is 2.18. The van der Waals surface area contributed by atoms with Crippen molar-refractivity contribution in [3.8, 4) is 11.1 Å². The number of aryl methyl sites for hydroxylation is 2. The van der Waals surface area contributed by atoms with Gasteiger partial charge in [-0.1, -0.05) is 23.7 Å². The van der Waals surface area contributed by atoms with Crippen LogP contribution in [0.3, 0.4) is 0 Å². The van der Waals surface area contributed by atoms with Crippen LogP contribution in [0.2, 0.25) is 5.02 Å². The Morgan fingerprint density at radius 3 is 1.92 bits per heavy atom. The van der Waals surface area contributed by atoms with E-state index in [2.05, 4.69) is 4.98 Å². The normalized spacial score (nSPS) is 11.5. The average molecular weight is 374 g/mol. The number of rotatable bonds is 3. The molecule has 0 saturated carbocycles. The number of aromatic nitrogens is 1. The highest BCUT2D eigenvalue weighted by atomic mass is 35.5. The Labute approximate surface area is 151 Å². The van der Waals surface area contributed by atoms with Gasteiger partial charge < -0.3 is 4.98 Å². The fourth-order valence-electron chi connectivity index (χ4n) is 2.76. The number of pyridine rings is 1. The van der Waals surface area contributed by atoms with Crippen LogP contribution < -0.4 is 5.43 Å². The van der Waals surface area contributed by atoms with Gasteiger partial charge in [0.05, 0.1) is 9.79 Å². The summed E-state index contributed by atoms with van der Waals surface area (Å²) >= 11 is 5.81. The van der Waals surface area contributed by atoms with E-state index in [1.165, 1.54) is 42.5 Å². The van der Waals surface area contributed by atoms with Crippen LogP contribution in [-0.4, -0.2) is 13.4 Å². The fraction of sp³-hybridized carbons (Fsp3) is 0.105. The third-order valence-electron chi connectivity index (χ3n) is 3.93. The van der Waals surface area contributed by atoms with Crippen LogP contribution in [0, 0.1) is 13.8 Å². The molecule has 0 spiro atoms. The summed E-state index contributed by atoms with van der Waals surface area (Å²) in [5.74, 6) is 0. The summed E-state index contributed by atoms with van der Waals surface area (Å²) in [6.45, 7) is 3.64. The molecule has 0 atom stereocenters. The van der Waals surface area contributed by atoms with Crippen LogP contribution in [0.1, 0.15) is 11.4 Å². The third-order valence-corrected chi connectivity index (χ3v) is 5.97. The van der Waals surface area contributed by atoms with Crippen molar-refractivity contribution in [3.63, 3.8) is 0 Å². The maximum Gasteiger partial charge on any atom is 0.206 e. The molecule has 3 aromatic rings. The lowest BCUT2D eigenvalue weighted by atomic mass is 10.0. The molecule has 0 saturated heterocycles. The molecule has 1 aromatic heterocycles. The topological polar surface area (TPSA) is 67.0 Å². The van der Waals surface area contributed by atoms with E-state index in [9.17, 15) is 13.2 Å². The van der Waals surface area contributed by atoms with E-state index in [1.807, 2.05) is 13.8 Å². The Kier molecular flexibility index (Phi) is 4.54. The molecule has 0 aliphatic heterocycles. The van der Waals surface area contributed by atoms with Crippen LogP contribution in [0.25, 0.3) is 11.1 Å². The van der Waals surface area contributed by atoms with Crippen molar-refractivity contribution >= 4 is 21.4 Å². The molecule has 4 nitrogen and oxygen atoms in total. The smallest absolute Gasteiger partial charge is 0.206 e. The molecule has 1 heterocycles. The molecule has 25 heavy (non-hydrogen) atoms. The van der Waals surface area contributed by atoms with E-state index < -0.39 is 9.84 Å². The van der Waals surface area contributed by atoms with Gasteiger partial charge in [-0.2, -0.15) is 0 Å². The molecule has 128 valence electrons. The molecular weight excluding hydrogens is 358 g/mol. The molecular formula is C19H16ClNO3S. The molecule has 3 rings (SSSR count). The minimum Gasteiger partial charge on any atom is -0.362 e. The SMILES string of the molecule is Cc1cc(=O)c(-c2ccc(S(=O)(=O)c3ccc(Cl)cc3)cc2)c(C)[nH]1. The lowest BCUT2D eigenvalue weighted by molar-refractivity contribution is 0.596. The van der Waals surface area contributed by atoms with E-state index in [1.54, 1.807) is 12.1 Å². The molecule has 0 amide bonds. The van der Waals surface area contributed by atoms with Gasteiger partial charge in [-0.05, 0) is 55.8 Å². The fourth-order valence-corrected chi connectivity index (χ4v) is 4.14. The second-order valence-corrected chi connectivity index (χ2v) is 8.18. The Balaban J connectivity index is 2.04. The van der Waals surface area contributed by atoms with Crippen molar-refractivity contribution in [1.82, 2.24) is 4.98 Å². The standard InChI is InChI=1S/C19H16ClNO3S/c1-12-11-18(22)19(13(2)21-12)14-3-7-16(8-4-14)25(23,24)17-9-5-15(20)6-10-17/h3-11H,1-2H3,(H,21,22). The predicted molar refractivity (Wildman–Crippen MR) is 98.9 cm³/mol. The van der Waals surface area contributed by atoms with Crippen molar-refractivity contribution in [2.45, 2.75) is 23.6 Å². The Hall–Kier alpha value is -2.37. The van der Waals surface area contributed by atoms with Crippen LogP contribution in [0.15, 0.2) is 69.2 Å². The minimum atomic E-state index is -3.63. The molecule has 0 aliphatic carbocycles. The summed E-state index contributed by atoms with van der Waals surface area (Å²) in [4.78, 5) is 15.7. The number of H-pyrrole nitrogens is 1. The summed E-state index contributed by atoms with van der Waals surface area (Å²) in [7, 11) is -3.63. The van der Waals surface area contributed by atoms with E-state index in [4.69, 9.17) is 11.6 Å².